The fourth-order valence-electron chi connectivity index (χ4n) is 1.33. The van der Waals surface area contributed by atoms with Crippen LogP contribution in [0.5, 0.6) is 0 Å². The minimum absolute atomic E-state index is 0.0310. The highest BCUT2D eigenvalue weighted by Crippen LogP contribution is 2.15. The van der Waals surface area contributed by atoms with Gasteiger partial charge in [-0.2, -0.15) is 0 Å². The minimum atomic E-state index is 0.0310. The normalized spacial score (nSPS) is 9.94. The number of hydrogen-bond acceptors (Lipinski definition) is 3. The van der Waals surface area contributed by atoms with E-state index in [4.69, 9.17) is 0 Å². The van der Waals surface area contributed by atoms with Crippen molar-refractivity contribution in [2.24, 2.45) is 0 Å². The van der Waals surface area contributed by atoms with Crippen molar-refractivity contribution in [1.29, 1.82) is 0 Å². The number of nitrogens with zero attached hydrogens (tertiary/aromatic N) is 2. The van der Waals surface area contributed by atoms with E-state index in [2.05, 4.69) is 17.2 Å². The zero-order valence-electron chi connectivity index (χ0n) is 10.2. The number of carbonyl (C=O) groups is 1. The molecule has 0 saturated carbocycles. The van der Waals surface area contributed by atoms with Crippen molar-refractivity contribution in [1.82, 2.24) is 9.88 Å². The Bertz CT molecular complexity index is 352. The van der Waals surface area contributed by atoms with E-state index < -0.39 is 0 Å². The Labute approximate surface area is 96.7 Å². The second-order valence-corrected chi connectivity index (χ2v) is 3.67. The van der Waals surface area contributed by atoms with Gasteiger partial charge in [0.15, 0.2) is 0 Å². The Morgan fingerprint density at radius 2 is 2.25 bits per heavy atom. The predicted molar refractivity (Wildman–Crippen MR) is 65.7 cm³/mol. The van der Waals surface area contributed by atoms with Gasteiger partial charge in [-0.15, -0.1) is 0 Å². The molecule has 1 N–H and O–H groups in total. The van der Waals surface area contributed by atoms with E-state index in [1.54, 1.807) is 30.4 Å². The van der Waals surface area contributed by atoms with E-state index in [1.807, 2.05) is 6.92 Å². The van der Waals surface area contributed by atoms with Gasteiger partial charge >= 0.3 is 0 Å². The van der Waals surface area contributed by atoms with Crippen LogP contribution in [0.3, 0.4) is 0 Å². The zero-order valence-corrected chi connectivity index (χ0v) is 10.2. The maximum absolute atomic E-state index is 12.0. The van der Waals surface area contributed by atoms with Gasteiger partial charge in [0.2, 0.25) is 0 Å². The van der Waals surface area contributed by atoms with Crippen LogP contribution >= 0.6 is 0 Å². The van der Waals surface area contributed by atoms with Crippen molar-refractivity contribution >= 4 is 11.6 Å². The average molecular weight is 221 g/mol. The lowest BCUT2D eigenvalue weighted by Gasteiger charge is -2.17. The molecule has 0 unspecified atom stereocenters. The molecular weight excluding hydrogens is 202 g/mol. The predicted octanol–water partition coefficient (Wildman–Crippen LogP) is 2.00. The van der Waals surface area contributed by atoms with Crippen LogP contribution in [0.4, 0.5) is 5.69 Å². The fourth-order valence-corrected chi connectivity index (χ4v) is 1.33. The van der Waals surface area contributed by atoms with Crippen molar-refractivity contribution in [3.63, 3.8) is 0 Å². The van der Waals surface area contributed by atoms with Gasteiger partial charge in [-0.25, -0.2) is 0 Å². The Morgan fingerprint density at radius 3 is 2.88 bits per heavy atom. The molecule has 0 spiro atoms. The quantitative estimate of drug-likeness (QED) is 0.827. The number of carbonyl (C=O) groups excluding carboxylic acids is 1. The monoisotopic (exact) mass is 221 g/mol. The van der Waals surface area contributed by atoms with Crippen molar-refractivity contribution in [3.8, 4) is 0 Å². The molecule has 16 heavy (non-hydrogen) atoms. The van der Waals surface area contributed by atoms with E-state index in [0.717, 1.165) is 18.7 Å². The second-order valence-electron chi connectivity index (χ2n) is 3.67. The lowest BCUT2D eigenvalue weighted by Crippen LogP contribution is -2.27. The lowest BCUT2D eigenvalue weighted by atomic mass is 10.2. The molecule has 0 saturated heterocycles. The van der Waals surface area contributed by atoms with E-state index in [0.29, 0.717) is 12.1 Å². The molecule has 1 heterocycles. The number of rotatable bonds is 5. The maximum Gasteiger partial charge on any atom is 0.255 e. The molecule has 0 aromatic carbocycles. The highest BCUT2D eigenvalue weighted by Gasteiger charge is 2.13. The number of aromatic nitrogens is 1. The van der Waals surface area contributed by atoms with Gasteiger partial charge in [-0.05, 0) is 19.4 Å². The van der Waals surface area contributed by atoms with Crippen LogP contribution in [0.1, 0.15) is 30.6 Å². The van der Waals surface area contributed by atoms with Gasteiger partial charge in [0.1, 0.15) is 0 Å². The number of pyridine rings is 1. The molecule has 1 amide bonds. The summed E-state index contributed by atoms with van der Waals surface area (Å²) in [5.74, 6) is 0.0310. The van der Waals surface area contributed by atoms with E-state index in [-0.39, 0.29) is 5.91 Å². The van der Waals surface area contributed by atoms with E-state index in [1.165, 1.54) is 0 Å². The Kier molecular flexibility index (Phi) is 4.76. The van der Waals surface area contributed by atoms with Crippen LogP contribution in [-0.4, -0.2) is 35.9 Å². The molecular formula is C12H19N3O. The Balaban J connectivity index is 2.89. The standard InChI is InChI=1S/C12H19N3O/c1-4-7-14-11-9-13-8-6-10(11)12(16)15(3)5-2/h6,8-9,14H,4-5,7H2,1-3H3. The van der Waals surface area contributed by atoms with Crippen LogP contribution in [0.25, 0.3) is 0 Å². The third-order valence-corrected chi connectivity index (χ3v) is 2.44. The Morgan fingerprint density at radius 1 is 1.50 bits per heavy atom. The molecule has 0 aliphatic heterocycles. The first kappa shape index (κ1) is 12.5. The molecule has 88 valence electrons. The van der Waals surface area contributed by atoms with Gasteiger partial charge in [0.25, 0.3) is 5.91 Å². The van der Waals surface area contributed by atoms with Gasteiger partial charge < -0.3 is 10.2 Å². The van der Waals surface area contributed by atoms with Crippen LogP contribution in [0.2, 0.25) is 0 Å². The fraction of sp³-hybridized carbons (Fsp3) is 0.500. The van der Waals surface area contributed by atoms with Crippen LogP contribution in [0, 0.1) is 0 Å². The second kappa shape index (κ2) is 6.10. The summed E-state index contributed by atoms with van der Waals surface area (Å²) in [6, 6.07) is 1.76. The first-order chi connectivity index (χ1) is 7.70. The van der Waals surface area contributed by atoms with E-state index >= 15 is 0 Å². The molecule has 1 aromatic rings. The molecule has 0 atom stereocenters. The first-order valence-corrected chi connectivity index (χ1v) is 5.64. The zero-order chi connectivity index (χ0) is 12.0. The third kappa shape index (κ3) is 2.95. The lowest BCUT2D eigenvalue weighted by molar-refractivity contribution is 0.0803. The minimum Gasteiger partial charge on any atom is -0.383 e. The SMILES string of the molecule is CCCNc1cnccc1C(=O)N(C)CC. The topological polar surface area (TPSA) is 45.2 Å². The third-order valence-electron chi connectivity index (χ3n) is 2.44. The highest BCUT2D eigenvalue weighted by molar-refractivity contribution is 5.99. The summed E-state index contributed by atoms with van der Waals surface area (Å²) in [4.78, 5) is 17.7. The summed E-state index contributed by atoms with van der Waals surface area (Å²) in [5.41, 5.74) is 1.50. The molecule has 4 nitrogen and oxygen atoms in total. The maximum atomic E-state index is 12.0. The summed E-state index contributed by atoms with van der Waals surface area (Å²) < 4.78 is 0. The van der Waals surface area contributed by atoms with Crippen LogP contribution in [0.15, 0.2) is 18.5 Å². The van der Waals surface area contributed by atoms with E-state index in [9.17, 15) is 4.79 Å². The van der Waals surface area contributed by atoms with Crippen LogP contribution < -0.4 is 5.32 Å². The molecule has 0 fully saturated rings. The molecule has 1 rings (SSSR count). The molecule has 0 radical (unpaired) electrons. The van der Waals surface area contributed by atoms with Gasteiger partial charge in [0.05, 0.1) is 17.4 Å². The summed E-state index contributed by atoms with van der Waals surface area (Å²) in [5, 5.41) is 3.21. The molecule has 1 aromatic heterocycles. The number of amides is 1. The summed E-state index contributed by atoms with van der Waals surface area (Å²) >= 11 is 0. The number of hydrogen-bond donors (Lipinski definition) is 1. The molecule has 0 bridgehead atoms. The van der Waals surface area contributed by atoms with Crippen molar-refractivity contribution < 1.29 is 4.79 Å². The summed E-state index contributed by atoms with van der Waals surface area (Å²) in [7, 11) is 1.80. The smallest absolute Gasteiger partial charge is 0.255 e. The number of nitrogens with one attached hydrogen (secondary N) is 1. The summed E-state index contributed by atoms with van der Waals surface area (Å²) in [6.07, 6.45) is 4.37. The molecule has 0 aliphatic rings. The van der Waals surface area contributed by atoms with Crippen molar-refractivity contribution in [2.45, 2.75) is 20.3 Å². The largest absolute Gasteiger partial charge is 0.383 e. The highest BCUT2D eigenvalue weighted by atomic mass is 16.2. The van der Waals surface area contributed by atoms with Gasteiger partial charge in [-0.3, -0.25) is 9.78 Å². The molecule has 4 heteroatoms. The van der Waals surface area contributed by atoms with Crippen LogP contribution in [-0.2, 0) is 0 Å². The van der Waals surface area contributed by atoms with Gasteiger partial charge in [-0.1, -0.05) is 6.92 Å². The first-order valence-electron chi connectivity index (χ1n) is 5.64. The Hall–Kier alpha value is -1.58. The molecule has 0 aliphatic carbocycles. The number of anilines is 1. The average Bonchev–Trinajstić information content (AvgIpc) is 2.34. The van der Waals surface area contributed by atoms with Crippen molar-refractivity contribution in [2.75, 3.05) is 25.5 Å². The van der Waals surface area contributed by atoms with Crippen molar-refractivity contribution in [3.05, 3.63) is 24.0 Å². The van der Waals surface area contributed by atoms with Gasteiger partial charge in [0, 0.05) is 26.3 Å². The summed E-state index contributed by atoms with van der Waals surface area (Å²) in [6.45, 7) is 5.59.